The third-order valence-electron chi connectivity index (χ3n) is 3.72. The monoisotopic (exact) mass is 208 g/mol. The molecule has 1 aromatic rings. The van der Waals surface area contributed by atoms with E-state index in [0.29, 0.717) is 6.10 Å². The second kappa shape index (κ2) is 3.32. The molecule has 0 saturated carbocycles. The van der Waals surface area contributed by atoms with Crippen LogP contribution in [-0.4, -0.2) is 27.1 Å². The first-order valence-electron chi connectivity index (χ1n) is 5.57. The van der Waals surface area contributed by atoms with Gasteiger partial charge in [-0.25, -0.2) is 0 Å². The number of aryl methyl sites for hydroxylation is 1. The standard InChI is InChI=1S/C11H16N2O2/c1-13-9(4-5-12-13)11(14)8-6-7-2-3-10(8)15-7/h4-5,7-8,10-11,14H,2-3,6H2,1H3. The second-order valence-electron chi connectivity index (χ2n) is 4.60. The molecular weight excluding hydrogens is 192 g/mol. The third kappa shape index (κ3) is 1.40. The minimum Gasteiger partial charge on any atom is -0.386 e. The molecule has 0 aromatic carbocycles. The number of rotatable bonds is 2. The van der Waals surface area contributed by atoms with Crippen LogP contribution in [0.5, 0.6) is 0 Å². The Morgan fingerprint density at radius 3 is 3.00 bits per heavy atom. The van der Waals surface area contributed by atoms with Gasteiger partial charge in [-0.05, 0) is 25.3 Å². The van der Waals surface area contributed by atoms with E-state index in [1.165, 1.54) is 6.42 Å². The van der Waals surface area contributed by atoms with Gasteiger partial charge in [-0.3, -0.25) is 4.68 Å². The van der Waals surface area contributed by atoms with Crippen molar-refractivity contribution < 1.29 is 9.84 Å². The lowest BCUT2D eigenvalue weighted by atomic mass is 9.84. The maximum absolute atomic E-state index is 10.3. The van der Waals surface area contributed by atoms with Gasteiger partial charge in [0.1, 0.15) is 6.10 Å². The normalized spacial score (nSPS) is 36.0. The molecule has 15 heavy (non-hydrogen) atoms. The fourth-order valence-electron chi connectivity index (χ4n) is 2.90. The summed E-state index contributed by atoms with van der Waals surface area (Å²) in [5.41, 5.74) is 0.899. The molecule has 0 radical (unpaired) electrons. The molecule has 3 rings (SSSR count). The molecule has 2 bridgehead atoms. The Morgan fingerprint density at radius 2 is 2.47 bits per heavy atom. The third-order valence-corrected chi connectivity index (χ3v) is 3.72. The average molecular weight is 208 g/mol. The van der Waals surface area contributed by atoms with E-state index in [1.54, 1.807) is 10.9 Å². The van der Waals surface area contributed by atoms with Gasteiger partial charge in [-0.15, -0.1) is 0 Å². The van der Waals surface area contributed by atoms with Crippen LogP contribution in [-0.2, 0) is 11.8 Å². The van der Waals surface area contributed by atoms with E-state index >= 15 is 0 Å². The number of nitrogens with zero attached hydrogens (tertiary/aromatic N) is 2. The molecule has 4 unspecified atom stereocenters. The lowest BCUT2D eigenvalue weighted by molar-refractivity contribution is 0.0385. The van der Waals surface area contributed by atoms with Gasteiger partial charge in [0, 0.05) is 19.2 Å². The number of aliphatic hydroxyl groups excluding tert-OH is 1. The maximum Gasteiger partial charge on any atom is 0.101 e. The van der Waals surface area contributed by atoms with Crippen molar-refractivity contribution in [3.63, 3.8) is 0 Å². The summed E-state index contributed by atoms with van der Waals surface area (Å²) in [7, 11) is 1.87. The van der Waals surface area contributed by atoms with Gasteiger partial charge >= 0.3 is 0 Å². The summed E-state index contributed by atoms with van der Waals surface area (Å²) >= 11 is 0. The van der Waals surface area contributed by atoms with Crippen molar-refractivity contribution >= 4 is 0 Å². The molecule has 0 spiro atoms. The van der Waals surface area contributed by atoms with Crippen molar-refractivity contribution in [2.24, 2.45) is 13.0 Å². The van der Waals surface area contributed by atoms with Crippen LogP contribution in [0.2, 0.25) is 0 Å². The lowest BCUT2D eigenvalue weighted by Gasteiger charge is -2.24. The Hall–Kier alpha value is -0.870. The summed E-state index contributed by atoms with van der Waals surface area (Å²) in [4.78, 5) is 0. The van der Waals surface area contributed by atoms with Gasteiger partial charge in [-0.1, -0.05) is 0 Å². The Bertz CT molecular complexity index is 363. The first-order chi connectivity index (χ1) is 7.25. The molecule has 2 aliphatic rings. The van der Waals surface area contributed by atoms with Crippen LogP contribution in [0.4, 0.5) is 0 Å². The summed E-state index contributed by atoms with van der Waals surface area (Å²) in [6.45, 7) is 0. The summed E-state index contributed by atoms with van der Waals surface area (Å²) in [6.07, 6.45) is 5.23. The molecule has 2 saturated heterocycles. The van der Waals surface area contributed by atoms with Crippen molar-refractivity contribution in [1.29, 1.82) is 0 Å². The van der Waals surface area contributed by atoms with Crippen LogP contribution in [0.15, 0.2) is 12.3 Å². The van der Waals surface area contributed by atoms with Gasteiger partial charge in [0.15, 0.2) is 0 Å². The van der Waals surface area contributed by atoms with Crippen LogP contribution >= 0.6 is 0 Å². The number of fused-ring (bicyclic) bond motifs is 2. The topological polar surface area (TPSA) is 47.3 Å². The van der Waals surface area contributed by atoms with E-state index in [0.717, 1.165) is 18.5 Å². The number of ether oxygens (including phenoxy) is 1. The number of hydrogen-bond acceptors (Lipinski definition) is 3. The fourth-order valence-corrected chi connectivity index (χ4v) is 2.90. The first-order valence-corrected chi connectivity index (χ1v) is 5.57. The molecular formula is C11H16N2O2. The average Bonchev–Trinajstić information content (AvgIpc) is 2.91. The van der Waals surface area contributed by atoms with E-state index in [-0.39, 0.29) is 12.0 Å². The van der Waals surface area contributed by atoms with Gasteiger partial charge in [-0.2, -0.15) is 5.10 Å². The largest absolute Gasteiger partial charge is 0.386 e. The number of hydrogen-bond donors (Lipinski definition) is 1. The van der Waals surface area contributed by atoms with E-state index in [1.807, 2.05) is 13.1 Å². The van der Waals surface area contributed by atoms with Crippen LogP contribution < -0.4 is 0 Å². The van der Waals surface area contributed by atoms with Gasteiger partial charge in [0.2, 0.25) is 0 Å². The van der Waals surface area contributed by atoms with E-state index in [4.69, 9.17) is 4.74 Å². The zero-order valence-electron chi connectivity index (χ0n) is 8.84. The summed E-state index contributed by atoms with van der Waals surface area (Å²) in [5.74, 6) is 0.263. The molecule has 82 valence electrons. The Balaban J connectivity index is 1.81. The molecule has 2 aliphatic heterocycles. The molecule has 4 heteroatoms. The van der Waals surface area contributed by atoms with Crippen LogP contribution in [0.3, 0.4) is 0 Å². The van der Waals surface area contributed by atoms with Gasteiger partial charge in [0.05, 0.1) is 17.9 Å². The predicted octanol–water partition coefficient (Wildman–Crippen LogP) is 1.02. The molecule has 1 aromatic heterocycles. The molecule has 0 amide bonds. The maximum atomic E-state index is 10.3. The van der Waals surface area contributed by atoms with Crippen LogP contribution in [0.1, 0.15) is 31.1 Å². The minimum absolute atomic E-state index is 0.263. The minimum atomic E-state index is -0.423. The van der Waals surface area contributed by atoms with Gasteiger partial charge in [0.25, 0.3) is 0 Å². The molecule has 1 N–H and O–H groups in total. The quantitative estimate of drug-likeness (QED) is 0.789. The highest BCUT2D eigenvalue weighted by Crippen LogP contribution is 2.44. The molecule has 3 heterocycles. The first kappa shape index (κ1) is 9.36. The van der Waals surface area contributed by atoms with E-state index in [2.05, 4.69) is 5.10 Å². The smallest absolute Gasteiger partial charge is 0.101 e. The van der Waals surface area contributed by atoms with Crippen molar-refractivity contribution in [3.8, 4) is 0 Å². The molecule has 4 atom stereocenters. The highest BCUT2D eigenvalue weighted by atomic mass is 16.5. The fraction of sp³-hybridized carbons (Fsp3) is 0.727. The SMILES string of the molecule is Cn1nccc1C(O)C1CC2CCC1O2. The number of aromatic nitrogens is 2. The summed E-state index contributed by atoms with van der Waals surface area (Å²) in [5, 5.41) is 14.4. The van der Waals surface area contributed by atoms with Crippen molar-refractivity contribution in [2.45, 2.75) is 37.6 Å². The highest BCUT2D eigenvalue weighted by molar-refractivity contribution is 5.08. The summed E-state index contributed by atoms with van der Waals surface area (Å²) < 4.78 is 7.50. The zero-order valence-corrected chi connectivity index (χ0v) is 8.84. The van der Waals surface area contributed by atoms with Crippen LogP contribution in [0, 0.1) is 5.92 Å². The zero-order chi connectivity index (χ0) is 10.4. The predicted molar refractivity (Wildman–Crippen MR) is 54.2 cm³/mol. The van der Waals surface area contributed by atoms with E-state index in [9.17, 15) is 5.11 Å². The Morgan fingerprint density at radius 1 is 1.60 bits per heavy atom. The van der Waals surface area contributed by atoms with Crippen molar-refractivity contribution in [3.05, 3.63) is 18.0 Å². The summed E-state index contributed by atoms with van der Waals surface area (Å²) in [6, 6.07) is 1.89. The number of aliphatic hydroxyl groups is 1. The molecule has 2 fully saturated rings. The Kier molecular flexibility index (Phi) is 2.07. The molecule has 0 aliphatic carbocycles. The van der Waals surface area contributed by atoms with Crippen LogP contribution in [0.25, 0.3) is 0 Å². The van der Waals surface area contributed by atoms with Gasteiger partial charge < -0.3 is 9.84 Å². The van der Waals surface area contributed by atoms with Crippen molar-refractivity contribution in [1.82, 2.24) is 9.78 Å². The highest BCUT2D eigenvalue weighted by Gasteiger charge is 2.44. The van der Waals surface area contributed by atoms with E-state index < -0.39 is 6.10 Å². The van der Waals surface area contributed by atoms with Crippen molar-refractivity contribution in [2.75, 3.05) is 0 Å². The molecule has 4 nitrogen and oxygen atoms in total. The lowest BCUT2D eigenvalue weighted by Crippen LogP contribution is -2.25. The second-order valence-corrected chi connectivity index (χ2v) is 4.60. The Labute approximate surface area is 88.9 Å².